The van der Waals surface area contributed by atoms with Crippen LogP contribution in [0.2, 0.25) is 5.02 Å². The predicted octanol–water partition coefficient (Wildman–Crippen LogP) is 3.09. The van der Waals surface area contributed by atoms with Crippen molar-refractivity contribution in [1.29, 1.82) is 0 Å². The summed E-state index contributed by atoms with van der Waals surface area (Å²) in [5.41, 5.74) is 0.254. The lowest BCUT2D eigenvalue weighted by Gasteiger charge is -2.08. The number of carbonyl (C=O) groups excluding carboxylic acids is 1. The fourth-order valence-electron chi connectivity index (χ4n) is 1.91. The third kappa shape index (κ3) is 2.25. The quantitative estimate of drug-likeness (QED) is 0.745. The average Bonchev–Trinajstić information content (AvgIpc) is 2.67. The van der Waals surface area contributed by atoms with Crippen molar-refractivity contribution in [2.45, 2.75) is 19.4 Å². The molecule has 1 aliphatic rings. The van der Waals surface area contributed by atoms with Crippen molar-refractivity contribution in [3.05, 3.63) is 34.6 Å². The molecule has 2 atom stereocenters. The van der Waals surface area contributed by atoms with Crippen LogP contribution >= 0.6 is 11.6 Å². The molecule has 2 nitrogen and oxygen atoms in total. The van der Waals surface area contributed by atoms with E-state index in [2.05, 4.69) is 0 Å². The van der Waals surface area contributed by atoms with Crippen LogP contribution in [0.15, 0.2) is 18.2 Å². The first-order valence-electron chi connectivity index (χ1n) is 5.19. The number of rotatable bonds is 2. The van der Waals surface area contributed by atoms with Gasteiger partial charge in [-0.2, -0.15) is 0 Å². The van der Waals surface area contributed by atoms with Crippen molar-refractivity contribution in [3.63, 3.8) is 0 Å². The van der Waals surface area contributed by atoms with Crippen LogP contribution in [0.25, 0.3) is 0 Å². The minimum Gasteiger partial charge on any atom is -0.378 e. The van der Waals surface area contributed by atoms with Gasteiger partial charge in [0.25, 0.3) is 0 Å². The maximum absolute atomic E-state index is 13.0. The number of benzene rings is 1. The molecule has 0 bridgehead atoms. The van der Waals surface area contributed by atoms with Gasteiger partial charge in [-0.15, -0.1) is 0 Å². The molecule has 0 radical (unpaired) electrons. The Balaban J connectivity index is 2.23. The Bertz CT molecular complexity index is 419. The number of ether oxygens (including phenoxy) is 1. The van der Waals surface area contributed by atoms with Crippen molar-refractivity contribution in [3.8, 4) is 0 Å². The summed E-state index contributed by atoms with van der Waals surface area (Å²) in [5.74, 6) is -0.775. The molecule has 1 heterocycles. The summed E-state index contributed by atoms with van der Waals surface area (Å²) in [6.07, 6.45) is 0.757. The molecule has 2 rings (SSSR count). The van der Waals surface area contributed by atoms with Gasteiger partial charge in [0, 0.05) is 11.5 Å². The fourth-order valence-corrected chi connectivity index (χ4v) is 2.12. The second-order valence-corrected chi connectivity index (χ2v) is 4.47. The summed E-state index contributed by atoms with van der Waals surface area (Å²) >= 11 is 5.88. The Morgan fingerprint density at radius 3 is 2.94 bits per heavy atom. The highest BCUT2D eigenvalue weighted by atomic mass is 35.5. The van der Waals surface area contributed by atoms with Crippen LogP contribution in [0.5, 0.6) is 0 Å². The molecule has 0 amide bonds. The molecule has 0 N–H and O–H groups in total. The second kappa shape index (κ2) is 4.52. The molecule has 4 heteroatoms. The molecule has 0 spiro atoms. The van der Waals surface area contributed by atoms with Crippen LogP contribution in [-0.2, 0) is 4.74 Å². The van der Waals surface area contributed by atoms with E-state index in [-0.39, 0.29) is 23.4 Å². The molecule has 2 unspecified atom stereocenters. The molecular formula is C12H12ClFO2. The van der Waals surface area contributed by atoms with Crippen LogP contribution in [-0.4, -0.2) is 18.5 Å². The van der Waals surface area contributed by atoms with E-state index in [1.807, 2.05) is 6.92 Å². The third-order valence-electron chi connectivity index (χ3n) is 2.76. The predicted molar refractivity (Wildman–Crippen MR) is 59.3 cm³/mol. The first-order chi connectivity index (χ1) is 7.58. The number of hydrogen-bond donors (Lipinski definition) is 0. The highest BCUT2D eigenvalue weighted by Gasteiger charge is 2.30. The first-order valence-corrected chi connectivity index (χ1v) is 5.56. The molecule has 16 heavy (non-hydrogen) atoms. The fraction of sp³-hybridized carbons (Fsp3) is 0.417. The highest BCUT2D eigenvalue weighted by Crippen LogP contribution is 2.26. The number of Topliss-reactive ketones (excluding diaryl/α,β-unsaturated/α-hetero) is 1. The van der Waals surface area contributed by atoms with Gasteiger partial charge in [0.05, 0.1) is 17.7 Å². The summed E-state index contributed by atoms with van der Waals surface area (Å²) in [6, 6.07) is 3.84. The van der Waals surface area contributed by atoms with E-state index in [0.717, 1.165) is 0 Å². The van der Waals surface area contributed by atoms with Gasteiger partial charge in [0.2, 0.25) is 0 Å². The molecule has 1 fully saturated rings. The van der Waals surface area contributed by atoms with Crippen molar-refractivity contribution in [2.24, 2.45) is 5.92 Å². The maximum atomic E-state index is 13.0. The molecule has 1 aromatic carbocycles. The monoisotopic (exact) mass is 242 g/mol. The number of carbonyl (C=O) groups is 1. The van der Waals surface area contributed by atoms with Crippen LogP contribution < -0.4 is 0 Å². The van der Waals surface area contributed by atoms with Crippen molar-refractivity contribution in [1.82, 2.24) is 0 Å². The van der Waals surface area contributed by atoms with E-state index in [1.54, 1.807) is 0 Å². The molecular weight excluding hydrogens is 231 g/mol. The van der Waals surface area contributed by atoms with Gasteiger partial charge in [0.1, 0.15) is 5.82 Å². The maximum Gasteiger partial charge on any atom is 0.169 e. The normalized spacial score (nSPS) is 24.7. The van der Waals surface area contributed by atoms with Crippen molar-refractivity contribution < 1.29 is 13.9 Å². The van der Waals surface area contributed by atoms with Crippen LogP contribution in [0.4, 0.5) is 4.39 Å². The zero-order valence-electron chi connectivity index (χ0n) is 8.87. The molecule has 0 aliphatic carbocycles. The summed E-state index contributed by atoms with van der Waals surface area (Å²) in [6.45, 7) is 2.31. The zero-order chi connectivity index (χ0) is 11.7. The Morgan fingerprint density at radius 2 is 2.31 bits per heavy atom. The Morgan fingerprint density at radius 1 is 1.56 bits per heavy atom. The first kappa shape index (κ1) is 11.6. The summed E-state index contributed by atoms with van der Waals surface area (Å²) in [7, 11) is 0. The molecule has 1 aliphatic heterocycles. The number of ketones is 1. The standard InChI is InChI=1S/C12H12ClFO2/c1-7-4-8(6-16-7)12(15)10-5-9(14)2-3-11(10)13/h2-3,5,7-8H,4,6H2,1H3. The van der Waals surface area contributed by atoms with Gasteiger partial charge in [-0.3, -0.25) is 4.79 Å². The van der Waals surface area contributed by atoms with Crippen LogP contribution in [0.1, 0.15) is 23.7 Å². The van der Waals surface area contributed by atoms with E-state index in [9.17, 15) is 9.18 Å². The Labute approximate surface area is 98.4 Å². The minimum absolute atomic E-state index is 0.0845. The topological polar surface area (TPSA) is 26.3 Å². The average molecular weight is 243 g/mol. The van der Waals surface area contributed by atoms with Gasteiger partial charge in [0.15, 0.2) is 5.78 Å². The van der Waals surface area contributed by atoms with Gasteiger partial charge >= 0.3 is 0 Å². The van der Waals surface area contributed by atoms with E-state index < -0.39 is 5.82 Å². The van der Waals surface area contributed by atoms with Crippen LogP contribution in [0, 0.1) is 11.7 Å². The minimum atomic E-state index is -0.445. The lowest BCUT2D eigenvalue weighted by molar-refractivity contribution is 0.0877. The van der Waals surface area contributed by atoms with Gasteiger partial charge in [-0.05, 0) is 31.5 Å². The van der Waals surface area contributed by atoms with E-state index in [4.69, 9.17) is 16.3 Å². The molecule has 86 valence electrons. The number of hydrogen-bond acceptors (Lipinski definition) is 2. The Kier molecular flexibility index (Phi) is 3.26. The van der Waals surface area contributed by atoms with Gasteiger partial charge < -0.3 is 4.74 Å². The van der Waals surface area contributed by atoms with E-state index in [1.165, 1.54) is 18.2 Å². The number of halogens is 2. The summed E-state index contributed by atoms with van der Waals surface area (Å²) in [5, 5.41) is 0.297. The second-order valence-electron chi connectivity index (χ2n) is 4.06. The van der Waals surface area contributed by atoms with Gasteiger partial charge in [-0.25, -0.2) is 4.39 Å². The largest absolute Gasteiger partial charge is 0.378 e. The molecule has 0 aromatic heterocycles. The highest BCUT2D eigenvalue weighted by molar-refractivity contribution is 6.34. The molecule has 0 saturated carbocycles. The van der Waals surface area contributed by atoms with Crippen molar-refractivity contribution in [2.75, 3.05) is 6.61 Å². The summed E-state index contributed by atoms with van der Waals surface area (Å²) in [4.78, 5) is 12.0. The van der Waals surface area contributed by atoms with E-state index >= 15 is 0 Å². The Hall–Kier alpha value is -0.930. The SMILES string of the molecule is CC1CC(C(=O)c2cc(F)ccc2Cl)CO1. The van der Waals surface area contributed by atoms with Crippen molar-refractivity contribution >= 4 is 17.4 Å². The lowest BCUT2D eigenvalue weighted by Crippen LogP contribution is -2.15. The van der Waals surface area contributed by atoms with E-state index in [0.29, 0.717) is 18.1 Å². The van der Waals surface area contributed by atoms with Crippen LogP contribution in [0.3, 0.4) is 0 Å². The summed E-state index contributed by atoms with van der Waals surface area (Å²) < 4.78 is 18.3. The lowest BCUT2D eigenvalue weighted by atomic mass is 9.95. The van der Waals surface area contributed by atoms with Gasteiger partial charge in [-0.1, -0.05) is 11.6 Å². The zero-order valence-corrected chi connectivity index (χ0v) is 9.63. The molecule has 1 aromatic rings. The molecule has 1 saturated heterocycles. The third-order valence-corrected chi connectivity index (χ3v) is 3.09. The smallest absolute Gasteiger partial charge is 0.169 e.